The first kappa shape index (κ1) is 22.6. The van der Waals surface area contributed by atoms with Crippen molar-refractivity contribution in [2.24, 2.45) is 0 Å². The zero-order chi connectivity index (χ0) is 23.6. The molecule has 4 rings (SSSR count). The first-order chi connectivity index (χ1) is 15.8. The molecular formula is C24H27N5O3S. The lowest BCUT2D eigenvalue weighted by Crippen LogP contribution is -2.15. The molecule has 0 aliphatic heterocycles. The monoisotopic (exact) mass is 465 g/mol. The molecule has 8 nitrogen and oxygen atoms in total. The highest BCUT2D eigenvalue weighted by molar-refractivity contribution is 7.92. The van der Waals surface area contributed by atoms with Crippen LogP contribution in [0.25, 0.3) is 0 Å². The fourth-order valence-electron chi connectivity index (χ4n) is 3.62. The van der Waals surface area contributed by atoms with Crippen molar-refractivity contribution in [2.75, 3.05) is 4.72 Å². The fraction of sp³-hybridized carbons (Fsp3) is 0.250. The second-order valence-corrected chi connectivity index (χ2v) is 9.46. The Morgan fingerprint density at radius 3 is 2.36 bits per heavy atom. The fourth-order valence-corrected chi connectivity index (χ4v) is 4.98. The van der Waals surface area contributed by atoms with E-state index in [9.17, 15) is 8.42 Å². The number of nitrogens with one attached hydrogen (secondary N) is 1. The van der Waals surface area contributed by atoms with Crippen LogP contribution in [0.15, 0.2) is 65.7 Å². The minimum atomic E-state index is -3.79. The van der Waals surface area contributed by atoms with E-state index in [1.54, 1.807) is 29.4 Å². The molecule has 0 saturated carbocycles. The molecule has 0 spiro atoms. The number of hydrogen-bond acceptors (Lipinski definition) is 5. The molecule has 2 heterocycles. The van der Waals surface area contributed by atoms with Gasteiger partial charge in [-0.15, -0.1) is 0 Å². The van der Waals surface area contributed by atoms with Gasteiger partial charge in [-0.25, -0.2) is 8.42 Å². The summed E-state index contributed by atoms with van der Waals surface area (Å²) in [4.78, 5) is 0.168. The van der Waals surface area contributed by atoms with Crippen LogP contribution in [0.5, 0.6) is 11.5 Å². The van der Waals surface area contributed by atoms with E-state index in [1.165, 1.54) is 0 Å². The lowest BCUT2D eigenvalue weighted by atomic mass is 10.2. The number of ether oxygens (including phenoxy) is 1. The Labute approximate surface area is 193 Å². The second kappa shape index (κ2) is 9.11. The molecule has 0 aliphatic rings. The van der Waals surface area contributed by atoms with Crippen molar-refractivity contribution in [1.82, 2.24) is 19.6 Å². The number of nitrogens with zero attached hydrogens (tertiary/aromatic N) is 4. The number of aromatic nitrogens is 4. The quantitative estimate of drug-likeness (QED) is 0.408. The van der Waals surface area contributed by atoms with Crippen LogP contribution in [0.3, 0.4) is 0 Å². The maximum atomic E-state index is 13.0. The number of benzene rings is 2. The minimum Gasteiger partial charge on any atom is -0.457 e. The van der Waals surface area contributed by atoms with Gasteiger partial charge in [-0.2, -0.15) is 10.2 Å². The topological polar surface area (TPSA) is 91.0 Å². The predicted molar refractivity (Wildman–Crippen MR) is 127 cm³/mol. The van der Waals surface area contributed by atoms with Crippen molar-refractivity contribution in [2.45, 2.75) is 45.7 Å². The van der Waals surface area contributed by atoms with E-state index in [0.717, 1.165) is 22.8 Å². The number of anilines is 1. The van der Waals surface area contributed by atoms with Crippen LogP contribution in [0.2, 0.25) is 0 Å². The van der Waals surface area contributed by atoms with E-state index in [1.807, 2.05) is 68.4 Å². The van der Waals surface area contributed by atoms with Gasteiger partial charge in [0.05, 0.1) is 29.3 Å². The summed E-state index contributed by atoms with van der Waals surface area (Å²) in [5, 5.41) is 8.81. The normalized spacial score (nSPS) is 11.5. The number of para-hydroxylation sites is 1. The van der Waals surface area contributed by atoms with Crippen LogP contribution in [-0.4, -0.2) is 28.0 Å². The van der Waals surface area contributed by atoms with Gasteiger partial charge in [-0.05, 0) is 57.5 Å². The highest BCUT2D eigenvalue weighted by Gasteiger charge is 2.24. The smallest absolute Gasteiger partial charge is 0.265 e. The number of sulfonamides is 1. The maximum absolute atomic E-state index is 13.0. The zero-order valence-corrected chi connectivity index (χ0v) is 19.9. The number of rotatable bonds is 8. The summed E-state index contributed by atoms with van der Waals surface area (Å²) >= 11 is 0. The lowest BCUT2D eigenvalue weighted by Gasteiger charge is -2.10. The van der Waals surface area contributed by atoms with Crippen molar-refractivity contribution in [1.29, 1.82) is 0 Å². The summed E-state index contributed by atoms with van der Waals surface area (Å²) in [6, 6.07) is 17.4. The molecule has 0 atom stereocenters. The van der Waals surface area contributed by atoms with Crippen LogP contribution in [0.4, 0.5) is 5.69 Å². The molecule has 0 unspecified atom stereocenters. The predicted octanol–water partition coefficient (Wildman–Crippen LogP) is 4.67. The van der Waals surface area contributed by atoms with Crippen molar-refractivity contribution in [3.8, 4) is 11.5 Å². The number of hydrogen-bond donors (Lipinski definition) is 1. The van der Waals surface area contributed by atoms with E-state index < -0.39 is 10.0 Å². The standard InChI is InChI=1S/C24H27N5O3S/c1-5-28-16-23(17(2)25-28)33(30,31)27-24-18(3)26-29(19(24)4)15-20-10-9-13-22(14-20)32-21-11-7-6-8-12-21/h6-14,16,27H,5,15H2,1-4H3. The van der Waals surface area contributed by atoms with Crippen LogP contribution in [0.1, 0.15) is 29.6 Å². The first-order valence-electron chi connectivity index (χ1n) is 10.7. The molecule has 2 aromatic heterocycles. The first-order valence-corrected chi connectivity index (χ1v) is 12.2. The molecule has 1 N–H and O–H groups in total. The average molecular weight is 466 g/mol. The number of aryl methyl sites for hydroxylation is 3. The van der Waals surface area contributed by atoms with Gasteiger partial charge in [-0.3, -0.25) is 14.1 Å². The SMILES string of the molecule is CCn1cc(S(=O)(=O)Nc2c(C)nn(Cc3cccc(Oc4ccccc4)c3)c2C)c(C)n1. The average Bonchev–Trinajstić information content (AvgIpc) is 3.30. The van der Waals surface area contributed by atoms with Gasteiger partial charge in [0.1, 0.15) is 16.4 Å². The molecule has 2 aromatic carbocycles. The van der Waals surface area contributed by atoms with Gasteiger partial charge in [0.2, 0.25) is 0 Å². The lowest BCUT2D eigenvalue weighted by molar-refractivity contribution is 0.481. The third kappa shape index (κ3) is 4.93. The Balaban J connectivity index is 1.56. The molecule has 0 amide bonds. The Morgan fingerprint density at radius 2 is 1.67 bits per heavy atom. The van der Waals surface area contributed by atoms with Gasteiger partial charge >= 0.3 is 0 Å². The highest BCUT2D eigenvalue weighted by Crippen LogP contribution is 2.26. The van der Waals surface area contributed by atoms with Gasteiger partial charge in [0, 0.05) is 12.7 Å². The zero-order valence-electron chi connectivity index (χ0n) is 19.1. The van der Waals surface area contributed by atoms with E-state index in [4.69, 9.17) is 4.74 Å². The third-order valence-electron chi connectivity index (χ3n) is 5.34. The molecular weight excluding hydrogens is 438 g/mol. The summed E-state index contributed by atoms with van der Waals surface area (Å²) in [5.41, 5.74) is 3.26. The highest BCUT2D eigenvalue weighted by atomic mass is 32.2. The molecule has 0 bridgehead atoms. The van der Waals surface area contributed by atoms with Crippen LogP contribution < -0.4 is 9.46 Å². The molecule has 4 aromatic rings. The Kier molecular flexibility index (Phi) is 6.24. The van der Waals surface area contributed by atoms with Gasteiger partial charge < -0.3 is 4.74 Å². The van der Waals surface area contributed by atoms with Gasteiger partial charge in [0.25, 0.3) is 10.0 Å². The van der Waals surface area contributed by atoms with Gasteiger partial charge in [-0.1, -0.05) is 30.3 Å². The van der Waals surface area contributed by atoms with Crippen molar-refractivity contribution in [3.05, 3.63) is 83.4 Å². The van der Waals surface area contributed by atoms with E-state index >= 15 is 0 Å². The van der Waals surface area contributed by atoms with Crippen molar-refractivity contribution < 1.29 is 13.2 Å². The Hall–Kier alpha value is -3.59. The van der Waals surface area contributed by atoms with Crippen molar-refractivity contribution >= 4 is 15.7 Å². The third-order valence-corrected chi connectivity index (χ3v) is 6.80. The van der Waals surface area contributed by atoms with Crippen molar-refractivity contribution in [3.63, 3.8) is 0 Å². The van der Waals surface area contributed by atoms with Crippen LogP contribution in [0, 0.1) is 20.8 Å². The summed E-state index contributed by atoms with van der Waals surface area (Å²) in [6.45, 7) is 8.32. The Morgan fingerprint density at radius 1 is 0.939 bits per heavy atom. The molecule has 33 heavy (non-hydrogen) atoms. The van der Waals surface area contributed by atoms with Crippen LogP contribution >= 0.6 is 0 Å². The maximum Gasteiger partial charge on any atom is 0.265 e. The summed E-state index contributed by atoms with van der Waals surface area (Å²) < 4.78 is 38.1. The summed E-state index contributed by atoms with van der Waals surface area (Å²) in [6.07, 6.45) is 1.55. The molecule has 0 radical (unpaired) electrons. The van der Waals surface area contributed by atoms with E-state index in [0.29, 0.717) is 30.2 Å². The Bertz CT molecular complexity index is 1370. The molecule has 0 saturated heterocycles. The van der Waals surface area contributed by atoms with Crippen LogP contribution in [-0.2, 0) is 23.1 Å². The largest absolute Gasteiger partial charge is 0.457 e. The van der Waals surface area contributed by atoms with E-state index in [-0.39, 0.29) is 4.90 Å². The molecule has 9 heteroatoms. The summed E-state index contributed by atoms with van der Waals surface area (Å²) in [7, 11) is -3.79. The molecule has 0 fully saturated rings. The minimum absolute atomic E-state index is 0.168. The second-order valence-electron chi connectivity index (χ2n) is 7.81. The van der Waals surface area contributed by atoms with Gasteiger partial charge in [0.15, 0.2) is 0 Å². The molecule has 0 aliphatic carbocycles. The van der Waals surface area contributed by atoms with E-state index in [2.05, 4.69) is 14.9 Å². The molecule has 172 valence electrons. The summed E-state index contributed by atoms with van der Waals surface area (Å²) in [5.74, 6) is 1.49.